The number of piperidine rings is 1. The molecule has 0 spiro atoms. The van der Waals surface area contributed by atoms with Gasteiger partial charge in [0.2, 0.25) is 5.95 Å². The number of piperazine rings is 1. The highest BCUT2D eigenvalue weighted by Crippen LogP contribution is 2.31. The molecule has 0 bridgehead atoms. The van der Waals surface area contributed by atoms with E-state index < -0.39 is 0 Å². The van der Waals surface area contributed by atoms with Crippen LogP contribution >= 0.6 is 0 Å². The van der Waals surface area contributed by atoms with Crippen LogP contribution in [0.3, 0.4) is 0 Å². The minimum absolute atomic E-state index is 0.00615. The second-order valence-electron chi connectivity index (χ2n) is 8.78. The summed E-state index contributed by atoms with van der Waals surface area (Å²) in [6.45, 7) is 4.52. The van der Waals surface area contributed by atoms with Crippen molar-refractivity contribution in [2.24, 2.45) is 0 Å². The van der Waals surface area contributed by atoms with E-state index in [-0.39, 0.29) is 5.91 Å². The lowest BCUT2D eigenvalue weighted by Crippen LogP contribution is -2.49. The SMILES string of the molecule is COc1c(C(=O)N2CCN(c3ccnc(N4CCC(OC)CC4)n3)CC2)ccc2ccccc12. The van der Waals surface area contributed by atoms with Crippen molar-refractivity contribution in [2.45, 2.75) is 18.9 Å². The van der Waals surface area contributed by atoms with Gasteiger partial charge in [-0.1, -0.05) is 30.3 Å². The molecule has 34 heavy (non-hydrogen) atoms. The normalized spacial score (nSPS) is 17.3. The third-order valence-electron chi connectivity index (χ3n) is 6.89. The molecule has 8 nitrogen and oxygen atoms in total. The van der Waals surface area contributed by atoms with Crippen molar-refractivity contribution in [3.63, 3.8) is 0 Å². The zero-order chi connectivity index (χ0) is 23.5. The number of aromatic nitrogens is 2. The van der Waals surface area contributed by atoms with Gasteiger partial charge in [0.15, 0.2) is 0 Å². The summed E-state index contributed by atoms with van der Waals surface area (Å²) in [7, 11) is 3.40. The molecular formula is C26H31N5O3. The van der Waals surface area contributed by atoms with E-state index >= 15 is 0 Å². The van der Waals surface area contributed by atoms with E-state index in [1.807, 2.05) is 53.6 Å². The third-order valence-corrected chi connectivity index (χ3v) is 6.89. The van der Waals surface area contributed by atoms with Crippen molar-refractivity contribution < 1.29 is 14.3 Å². The Morgan fingerprint density at radius 3 is 2.41 bits per heavy atom. The van der Waals surface area contributed by atoms with E-state index in [1.54, 1.807) is 14.2 Å². The van der Waals surface area contributed by atoms with Gasteiger partial charge in [-0.15, -0.1) is 0 Å². The van der Waals surface area contributed by atoms with E-state index in [9.17, 15) is 4.79 Å². The van der Waals surface area contributed by atoms with Gasteiger partial charge in [0.25, 0.3) is 5.91 Å². The van der Waals surface area contributed by atoms with Crippen LogP contribution in [0.2, 0.25) is 0 Å². The Labute approximate surface area is 200 Å². The number of hydrogen-bond acceptors (Lipinski definition) is 7. The first-order valence-electron chi connectivity index (χ1n) is 11.9. The second-order valence-corrected chi connectivity index (χ2v) is 8.78. The van der Waals surface area contributed by atoms with Crippen molar-refractivity contribution in [1.82, 2.24) is 14.9 Å². The van der Waals surface area contributed by atoms with Gasteiger partial charge >= 0.3 is 0 Å². The summed E-state index contributed by atoms with van der Waals surface area (Å²) in [6.07, 6.45) is 4.13. The predicted octanol–water partition coefficient (Wildman–Crippen LogP) is 3.22. The molecule has 0 aliphatic carbocycles. The van der Waals surface area contributed by atoms with Crippen LogP contribution in [0.5, 0.6) is 5.75 Å². The Morgan fingerprint density at radius 2 is 1.68 bits per heavy atom. The molecule has 0 unspecified atom stereocenters. The molecule has 0 atom stereocenters. The highest BCUT2D eigenvalue weighted by atomic mass is 16.5. The van der Waals surface area contributed by atoms with Crippen molar-refractivity contribution >= 4 is 28.4 Å². The summed E-state index contributed by atoms with van der Waals surface area (Å²) in [5, 5.41) is 2.02. The monoisotopic (exact) mass is 461 g/mol. The first kappa shape index (κ1) is 22.4. The number of fused-ring (bicyclic) bond motifs is 1. The number of carbonyl (C=O) groups is 1. The molecule has 3 heterocycles. The zero-order valence-corrected chi connectivity index (χ0v) is 19.8. The smallest absolute Gasteiger partial charge is 0.257 e. The molecule has 1 amide bonds. The van der Waals surface area contributed by atoms with Crippen LogP contribution in [0, 0.1) is 0 Å². The average molecular weight is 462 g/mol. The second kappa shape index (κ2) is 9.85. The van der Waals surface area contributed by atoms with Crippen LogP contribution in [0.25, 0.3) is 10.8 Å². The number of carbonyl (C=O) groups excluding carboxylic acids is 1. The number of nitrogens with zero attached hydrogens (tertiary/aromatic N) is 5. The average Bonchev–Trinajstić information content (AvgIpc) is 2.92. The molecule has 5 rings (SSSR count). The maximum Gasteiger partial charge on any atom is 0.257 e. The maximum absolute atomic E-state index is 13.4. The highest BCUT2D eigenvalue weighted by molar-refractivity contribution is 6.03. The molecule has 2 aromatic carbocycles. The summed E-state index contributed by atoms with van der Waals surface area (Å²) < 4.78 is 11.1. The largest absolute Gasteiger partial charge is 0.495 e. The zero-order valence-electron chi connectivity index (χ0n) is 19.8. The van der Waals surface area contributed by atoms with Crippen molar-refractivity contribution in [2.75, 3.05) is 63.3 Å². The molecule has 2 saturated heterocycles. The molecule has 0 N–H and O–H groups in total. The Bertz CT molecular complexity index is 1150. The van der Waals surface area contributed by atoms with Crippen LogP contribution in [-0.4, -0.2) is 80.4 Å². The lowest BCUT2D eigenvalue weighted by molar-refractivity contribution is 0.0743. The molecule has 2 aliphatic rings. The van der Waals surface area contributed by atoms with Gasteiger partial charge in [0.05, 0.1) is 18.8 Å². The summed E-state index contributed by atoms with van der Waals surface area (Å²) in [6, 6.07) is 13.8. The molecule has 0 radical (unpaired) electrons. The fraction of sp³-hybridized carbons (Fsp3) is 0.423. The number of hydrogen-bond donors (Lipinski definition) is 0. The highest BCUT2D eigenvalue weighted by Gasteiger charge is 2.27. The van der Waals surface area contributed by atoms with Crippen molar-refractivity contribution in [3.8, 4) is 5.75 Å². The van der Waals surface area contributed by atoms with Gasteiger partial charge in [-0.3, -0.25) is 4.79 Å². The van der Waals surface area contributed by atoms with Crippen LogP contribution in [0.1, 0.15) is 23.2 Å². The Kier molecular flexibility index (Phi) is 6.49. The number of ether oxygens (including phenoxy) is 2. The van der Waals surface area contributed by atoms with Gasteiger partial charge < -0.3 is 24.2 Å². The lowest BCUT2D eigenvalue weighted by atomic mass is 10.0. The Balaban J connectivity index is 1.26. The van der Waals surface area contributed by atoms with Gasteiger partial charge in [0.1, 0.15) is 11.6 Å². The number of amides is 1. The fourth-order valence-corrected chi connectivity index (χ4v) is 4.90. The molecule has 2 fully saturated rings. The van der Waals surface area contributed by atoms with Crippen LogP contribution in [0.15, 0.2) is 48.7 Å². The van der Waals surface area contributed by atoms with Crippen molar-refractivity contribution in [3.05, 3.63) is 54.2 Å². The molecule has 0 saturated carbocycles. The van der Waals surface area contributed by atoms with E-state index in [1.165, 1.54) is 0 Å². The topological polar surface area (TPSA) is 71.0 Å². The summed E-state index contributed by atoms with van der Waals surface area (Å²) in [4.78, 5) is 29.1. The van der Waals surface area contributed by atoms with E-state index in [0.717, 1.165) is 61.6 Å². The number of methoxy groups -OCH3 is 2. The summed E-state index contributed by atoms with van der Waals surface area (Å²) in [5.41, 5.74) is 0.610. The standard InChI is InChI=1S/C26H31N5O3/c1-33-20-10-13-31(14-11-20)26-27-12-9-23(28-26)29-15-17-30(18-16-29)25(32)22-8-7-19-5-3-4-6-21(19)24(22)34-2/h3-9,12,20H,10-11,13-18H2,1-2H3. The molecule has 1 aromatic heterocycles. The number of anilines is 2. The first-order chi connectivity index (χ1) is 16.7. The minimum atomic E-state index is 0.00615. The Hall–Kier alpha value is -3.39. The number of benzene rings is 2. The number of rotatable bonds is 5. The lowest BCUT2D eigenvalue weighted by Gasteiger charge is -2.36. The molecule has 3 aromatic rings. The predicted molar refractivity (Wildman–Crippen MR) is 133 cm³/mol. The van der Waals surface area contributed by atoms with Crippen LogP contribution < -0.4 is 14.5 Å². The van der Waals surface area contributed by atoms with Gasteiger partial charge in [-0.05, 0) is 30.4 Å². The van der Waals surface area contributed by atoms with Gasteiger partial charge in [0, 0.05) is 58.0 Å². The Morgan fingerprint density at radius 1 is 0.912 bits per heavy atom. The first-order valence-corrected chi connectivity index (χ1v) is 11.9. The maximum atomic E-state index is 13.4. The van der Waals surface area contributed by atoms with E-state index in [4.69, 9.17) is 14.5 Å². The van der Waals surface area contributed by atoms with Gasteiger partial charge in [-0.2, -0.15) is 4.98 Å². The van der Waals surface area contributed by atoms with Crippen LogP contribution in [0.4, 0.5) is 11.8 Å². The summed E-state index contributed by atoms with van der Waals surface area (Å²) >= 11 is 0. The van der Waals surface area contributed by atoms with Gasteiger partial charge in [-0.25, -0.2) is 4.98 Å². The quantitative estimate of drug-likeness (QED) is 0.578. The van der Waals surface area contributed by atoms with E-state index in [2.05, 4.69) is 14.8 Å². The summed E-state index contributed by atoms with van der Waals surface area (Å²) in [5.74, 6) is 2.33. The van der Waals surface area contributed by atoms with E-state index in [0.29, 0.717) is 30.5 Å². The third kappa shape index (κ3) is 4.37. The van der Waals surface area contributed by atoms with Crippen LogP contribution in [-0.2, 0) is 4.74 Å². The fourth-order valence-electron chi connectivity index (χ4n) is 4.90. The molecule has 8 heteroatoms. The molecule has 178 valence electrons. The minimum Gasteiger partial charge on any atom is -0.495 e. The molecule has 2 aliphatic heterocycles. The molecular weight excluding hydrogens is 430 g/mol. The van der Waals surface area contributed by atoms with Crippen molar-refractivity contribution in [1.29, 1.82) is 0 Å².